The second-order valence-corrected chi connectivity index (χ2v) is 4.89. The fourth-order valence-electron chi connectivity index (χ4n) is 1.74. The third kappa shape index (κ3) is 3.84. The minimum Gasteiger partial charge on any atom is -0.307 e. The smallest absolute Gasteiger partial charge is 0.0318 e. The molecule has 15 heavy (non-hydrogen) atoms. The Balaban J connectivity index is 2.61. The maximum absolute atomic E-state index is 4.17. The van der Waals surface area contributed by atoms with Crippen molar-refractivity contribution in [3.63, 3.8) is 0 Å². The SMILES string of the molecule is CSCC(C)NC(C)c1cnccc1C. The van der Waals surface area contributed by atoms with Crippen LogP contribution in [0.1, 0.15) is 31.0 Å². The summed E-state index contributed by atoms with van der Waals surface area (Å²) in [5.41, 5.74) is 2.60. The molecule has 0 spiro atoms. The molecule has 1 heterocycles. The Bertz CT molecular complexity index is 301. The zero-order chi connectivity index (χ0) is 11.3. The first kappa shape index (κ1) is 12.5. The van der Waals surface area contributed by atoms with Crippen LogP contribution in [0.15, 0.2) is 18.5 Å². The van der Waals surface area contributed by atoms with Crippen LogP contribution in [-0.4, -0.2) is 23.0 Å². The largest absolute Gasteiger partial charge is 0.307 e. The Kier molecular flexibility index (Phi) is 5.12. The summed E-state index contributed by atoms with van der Waals surface area (Å²) in [4.78, 5) is 4.17. The van der Waals surface area contributed by atoms with Gasteiger partial charge in [-0.05, 0) is 44.2 Å². The molecule has 0 saturated heterocycles. The molecule has 0 aliphatic rings. The van der Waals surface area contributed by atoms with Crippen LogP contribution in [0.4, 0.5) is 0 Å². The molecular formula is C12H20N2S. The molecule has 3 heteroatoms. The molecule has 0 aliphatic heterocycles. The summed E-state index contributed by atoms with van der Waals surface area (Å²) in [7, 11) is 0. The molecule has 0 aromatic carbocycles. The Labute approximate surface area is 96.9 Å². The number of hydrogen-bond acceptors (Lipinski definition) is 3. The van der Waals surface area contributed by atoms with E-state index in [0.717, 1.165) is 5.75 Å². The lowest BCUT2D eigenvalue weighted by molar-refractivity contribution is 0.509. The highest BCUT2D eigenvalue weighted by Gasteiger charge is 2.10. The van der Waals surface area contributed by atoms with Gasteiger partial charge in [-0.3, -0.25) is 4.98 Å². The van der Waals surface area contributed by atoms with E-state index >= 15 is 0 Å². The van der Waals surface area contributed by atoms with Crippen LogP contribution < -0.4 is 5.32 Å². The van der Waals surface area contributed by atoms with E-state index in [1.807, 2.05) is 24.2 Å². The molecule has 0 saturated carbocycles. The highest BCUT2D eigenvalue weighted by molar-refractivity contribution is 7.98. The van der Waals surface area contributed by atoms with E-state index in [0.29, 0.717) is 12.1 Å². The second kappa shape index (κ2) is 6.13. The molecule has 84 valence electrons. The van der Waals surface area contributed by atoms with E-state index in [1.165, 1.54) is 11.1 Å². The third-order valence-electron chi connectivity index (χ3n) is 2.50. The van der Waals surface area contributed by atoms with Crippen LogP contribution in [-0.2, 0) is 0 Å². The molecular weight excluding hydrogens is 204 g/mol. The zero-order valence-corrected chi connectivity index (χ0v) is 10.8. The van der Waals surface area contributed by atoms with E-state index < -0.39 is 0 Å². The predicted octanol–water partition coefficient (Wildman–Crippen LogP) is 2.79. The summed E-state index contributed by atoms with van der Waals surface area (Å²) >= 11 is 1.87. The standard InChI is InChI=1S/C12H20N2S/c1-9-5-6-13-7-12(9)11(3)14-10(2)8-15-4/h5-7,10-11,14H,8H2,1-4H3. The summed E-state index contributed by atoms with van der Waals surface area (Å²) in [5.74, 6) is 1.14. The van der Waals surface area contributed by atoms with Crippen molar-refractivity contribution in [1.29, 1.82) is 0 Å². The normalized spacial score (nSPS) is 14.9. The van der Waals surface area contributed by atoms with Crippen molar-refractivity contribution in [2.45, 2.75) is 32.9 Å². The van der Waals surface area contributed by atoms with E-state index in [2.05, 4.69) is 43.4 Å². The van der Waals surface area contributed by atoms with E-state index in [1.54, 1.807) is 0 Å². The fourth-order valence-corrected chi connectivity index (χ4v) is 2.34. The third-order valence-corrected chi connectivity index (χ3v) is 3.33. The van der Waals surface area contributed by atoms with Gasteiger partial charge >= 0.3 is 0 Å². The molecule has 1 aromatic heterocycles. The molecule has 0 bridgehead atoms. The van der Waals surface area contributed by atoms with Crippen molar-refractivity contribution in [1.82, 2.24) is 10.3 Å². The quantitative estimate of drug-likeness (QED) is 0.832. The van der Waals surface area contributed by atoms with Crippen LogP contribution in [0.2, 0.25) is 0 Å². The fraction of sp³-hybridized carbons (Fsp3) is 0.583. The predicted molar refractivity (Wildman–Crippen MR) is 68.4 cm³/mol. The maximum atomic E-state index is 4.17. The molecule has 1 aromatic rings. The van der Waals surface area contributed by atoms with Gasteiger partial charge < -0.3 is 5.32 Å². The van der Waals surface area contributed by atoms with Crippen molar-refractivity contribution >= 4 is 11.8 Å². The number of nitrogens with one attached hydrogen (secondary N) is 1. The van der Waals surface area contributed by atoms with Gasteiger partial charge in [-0.15, -0.1) is 0 Å². The Morgan fingerprint density at radius 3 is 2.80 bits per heavy atom. The summed E-state index contributed by atoms with van der Waals surface area (Å²) < 4.78 is 0. The van der Waals surface area contributed by atoms with Crippen LogP contribution >= 0.6 is 11.8 Å². The van der Waals surface area contributed by atoms with Gasteiger partial charge in [0.25, 0.3) is 0 Å². The maximum Gasteiger partial charge on any atom is 0.0318 e. The van der Waals surface area contributed by atoms with Crippen molar-refractivity contribution < 1.29 is 0 Å². The van der Waals surface area contributed by atoms with Gasteiger partial charge in [0.2, 0.25) is 0 Å². The Morgan fingerprint density at radius 2 is 2.20 bits per heavy atom. The number of hydrogen-bond donors (Lipinski definition) is 1. The number of pyridine rings is 1. The van der Waals surface area contributed by atoms with E-state index in [4.69, 9.17) is 0 Å². The van der Waals surface area contributed by atoms with Gasteiger partial charge in [0.15, 0.2) is 0 Å². The van der Waals surface area contributed by atoms with Crippen molar-refractivity contribution in [3.8, 4) is 0 Å². The van der Waals surface area contributed by atoms with Crippen LogP contribution in [0, 0.1) is 6.92 Å². The lowest BCUT2D eigenvalue weighted by Gasteiger charge is -2.20. The lowest BCUT2D eigenvalue weighted by Crippen LogP contribution is -2.31. The second-order valence-electron chi connectivity index (χ2n) is 3.98. The highest BCUT2D eigenvalue weighted by atomic mass is 32.2. The zero-order valence-electron chi connectivity index (χ0n) is 9.95. The van der Waals surface area contributed by atoms with Gasteiger partial charge in [-0.25, -0.2) is 0 Å². The molecule has 2 nitrogen and oxygen atoms in total. The Morgan fingerprint density at radius 1 is 1.47 bits per heavy atom. The summed E-state index contributed by atoms with van der Waals surface area (Å²) in [6, 6.07) is 2.97. The van der Waals surface area contributed by atoms with Gasteiger partial charge in [0, 0.05) is 30.2 Å². The minimum atomic E-state index is 0.376. The average molecular weight is 224 g/mol. The van der Waals surface area contributed by atoms with Crippen molar-refractivity contribution in [2.24, 2.45) is 0 Å². The van der Waals surface area contributed by atoms with Gasteiger partial charge in [-0.2, -0.15) is 11.8 Å². The number of aromatic nitrogens is 1. The first-order chi connectivity index (χ1) is 7.15. The summed E-state index contributed by atoms with van der Waals surface area (Å²) in [6.45, 7) is 6.55. The topological polar surface area (TPSA) is 24.9 Å². The van der Waals surface area contributed by atoms with E-state index in [-0.39, 0.29) is 0 Å². The molecule has 2 unspecified atom stereocenters. The molecule has 0 fully saturated rings. The monoisotopic (exact) mass is 224 g/mol. The van der Waals surface area contributed by atoms with E-state index in [9.17, 15) is 0 Å². The Hall–Kier alpha value is -0.540. The number of thioether (sulfide) groups is 1. The number of nitrogens with zero attached hydrogens (tertiary/aromatic N) is 1. The molecule has 1 N–H and O–H groups in total. The van der Waals surface area contributed by atoms with Gasteiger partial charge in [0.05, 0.1) is 0 Å². The first-order valence-corrected chi connectivity index (χ1v) is 6.70. The van der Waals surface area contributed by atoms with Crippen LogP contribution in [0.3, 0.4) is 0 Å². The van der Waals surface area contributed by atoms with Crippen LogP contribution in [0.25, 0.3) is 0 Å². The lowest BCUT2D eigenvalue weighted by atomic mass is 10.1. The van der Waals surface area contributed by atoms with Crippen molar-refractivity contribution in [3.05, 3.63) is 29.6 Å². The van der Waals surface area contributed by atoms with Crippen LogP contribution in [0.5, 0.6) is 0 Å². The number of rotatable bonds is 5. The minimum absolute atomic E-state index is 0.376. The molecule has 0 amide bonds. The number of aryl methyl sites for hydroxylation is 1. The van der Waals surface area contributed by atoms with Gasteiger partial charge in [0.1, 0.15) is 0 Å². The molecule has 0 aliphatic carbocycles. The highest BCUT2D eigenvalue weighted by Crippen LogP contribution is 2.16. The summed E-state index contributed by atoms with van der Waals surface area (Å²) in [5, 5.41) is 3.58. The van der Waals surface area contributed by atoms with Gasteiger partial charge in [-0.1, -0.05) is 0 Å². The van der Waals surface area contributed by atoms with Crippen molar-refractivity contribution in [2.75, 3.05) is 12.0 Å². The first-order valence-electron chi connectivity index (χ1n) is 5.30. The molecule has 1 rings (SSSR count). The molecule has 0 radical (unpaired) electrons. The average Bonchev–Trinajstić information content (AvgIpc) is 2.18. The summed E-state index contributed by atoms with van der Waals surface area (Å²) in [6.07, 6.45) is 5.94. The molecule has 2 atom stereocenters.